The normalized spacial score (nSPS) is 18.3. The fraction of sp³-hybridized carbons (Fsp3) is 0.304. The van der Waals surface area contributed by atoms with E-state index in [1.165, 1.54) is 0 Å². The molecule has 2 saturated heterocycles. The van der Waals surface area contributed by atoms with Crippen molar-refractivity contribution in [1.82, 2.24) is 10.2 Å². The lowest BCUT2D eigenvalue weighted by Gasteiger charge is -2.41. The summed E-state index contributed by atoms with van der Waals surface area (Å²) in [5, 5.41) is 26.6. The number of aliphatic hydroxyl groups is 1. The van der Waals surface area contributed by atoms with Crippen LogP contribution < -0.4 is 21.3 Å². The van der Waals surface area contributed by atoms with Gasteiger partial charge >= 0.3 is 0 Å². The summed E-state index contributed by atoms with van der Waals surface area (Å²) < 4.78 is 13.3. The molecule has 0 saturated carbocycles. The molecule has 0 unspecified atom stereocenters. The van der Waals surface area contributed by atoms with Crippen LogP contribution in [0.15, 0.2) is 121 Å². The zero-order chi connectivity index (χ0) is 41.1. The molecule has 3 atom stereocenters. The van der Waals surface area contributed by atoms with Gasteiger partial charge in [-0.05, 0) is 58.5 Å². The van der Waals surface area contributed by atoms with Crippen LogP contribution in [-0.2, 0) is 32.2 Å². The van der Waals surface area contributed by atoms with E-state index < -0.39 is 6.29 Å². The zero-order valence-electron chi connectivity index (χ0n) is 32.9. The van der Waals surface area contributed by atoms with Gasteiger partial charge < -0.3 is 35.8 Å². The highest BCUT2D eigenvalue weighted by Gasteiger charge is 2.34. The number of nitrogens with zero attached hydrogens (tertiary/aromatic N) is 3. The third kappa shape index (κ3) is 10.9. The Labute approximate surface area is 343 Å². The predicted molar refractivity (Wildman–Crippen MR) is 227 cm³/mol. The van der Waals surface area contributed by atoms with Gasteiger partial charge in [-0.2, -0.15) is 0 Å². The van der Waals surface area contributed by atoms with Gasteiger partial charge in [0, 0.05) is 81.9 Å². The van der Waals surface area contributed by atoms with E-state index in [1.54, 1.807) is 36.4 Å². The number of hydrogen-bond acceptors (Lipinski definition) is 10. The number of nitrogen functional groups attached to an aromatic ring is 1. The van der Waals surface area contributed by atoms with E-state index in [0.717, 1.165) is 71.8 Å². The summed E-state index contributed by atoms with van der Waals surface area (Å²) in [6.45, 7) is 4.30. The number of para-hydroxylation sites is 2. The number of nitrogens with one attached hydrogen (secondary N) is 2. The predicted octanol–water partition coefficient (Wildman–Crippen LogP) is 7.13. The number of nitro groups is 1. The van der Waals surface area contributed by atoms with Crippen LogP contribution in [0, 0.1) is 10.1 Å². The summed E-state index contributed by atoms with van der Waals surface area (Å²) in [5.74, 6) is -0.316. The molecule has 2 aliphatic rings. The minimum Gasteiger partial charge on any atom is -0.397 e. The Morgan fingerprint density at radius 2 is 1.47 bits per heavy atom. The molecule has 0 radical (unpaired) electrons. The van der Waals surface area contributed by atoms with Crippen LogP contribution in [0.2, 0.25) is 0 Å². The van der Waals surface area contributed by atoms with Gasteiger partial charge in [0.25, 0.3) is 5.69 Å². The van der Waals surface area contributed by atoms with Gasteiger partial charge in [-0.3, -0.25) is 24.6 Å². The van der Waals surface area contributed by atoms with Crippen LogP contribution in [-0.4, -0.2) is 65.6 Å². The Hall–Kier alpha value is -6.12. The van der Waals surface area contributed by atoms with Crippen molar-refractivity contribution in [2.75, 3.05) is 48.7 Å². The lowest BCUT2D eigenvalue weighted by molar-refractivity contribution is -0.384. The first-order valence-corrected chi connectivity index (χ1v) is 20.0. The first-order chi connectivity index (χ1) is 28.7. The number of amides is 2. The molecule has 13 heteroatoms. The minimum atomic E-state index is -0.603. The molecule has 5 N–H and O–H groups in total. The van der Waals surface area contributed by atoms with Crippen molar-refractivity contribution >= 4 is 34.6 Å². The Kier molecular flexibility index (Phi) is 13.6. The van der Waals surface area contributed by atoms with Crippen LogP contribution in [0.5, 0.6) is 0 Å². The Bertz CT molecular complexity index is 2190. The van der Waals surface area contributed by atoms with E-state index in [9.17, 15) is 24.8 Å². The van der Waals surface area contributed by atoms with E-state index in [-0.39, 0.29) is 54.1 Å². The second-order valence-electron chi connectivity index (χ2n) is 15.0. The molecule has 0 bridgehead atoms. The van der Waals surface area contributed by atoms with Crippen LogP contribution >= 0.6 is 0 Å². The molecule has 2 aliphatic heterocycles. The largest absolute Gasteiger partial charge is 0.397 e. The summed E-state index contributed by atoms with van der Waals surface area (Å²) in [5.41, 5.74) is 13.7. The number of non-ortho nitro benzene ring substituents is 1. The maximum Gasteiger partial charge on any atom is 0.269 e. The topological polar surface area (TPSA) is 173 Å². The van der Waals surface area contributed by atoms with Gasteiger partial charge in [0.2, 0.25) is 11.8 Å². The summed E-state index contributed by atoms with van der Waals surface area (Å²) in [6, 6.07) is 37.8. The number of carbonyl (C=O) groups is 2. The molecule has 0 spiro atoms. The number of carbonyl (C=O) groups excluding carboxylic acids is 2. The molecule has 5 aromatic rings. The molecular formula is C46H50N6O7. The number of rotatable bonds is 15. The van der Waals surface area contributed by atoms with Crippen LogP contribution in [0.3, 0.4) is 0 Å². The standard InChI is InChI=1S/C46H50N6O7/c47-41-8-3-4-9-42(41)49-45(55)11-5-10-44(54)48-29-36-6-1-2-7-40(36)33-16-18-35(19-17-33)46-58-39(28-43(59-46)34-14-12-32(31-53)13-15-34)30-50-24-26-51(27-25-50)37-20-22-38(23-21-37)52(56)57/h1-4,6-9,12-23,39,43,46,53H,5,10-11,24-31,47H2,(H,48,54)(H,49,55)/t39-,43+,46+/m1/s1. The first-order valence-electron chi connectivity index (χ1n) is 20.0. The minimum absolute atomic E-state index is 0.0277. The fourth-order valence-corrected chi connectivity index (χ4v) is 7.59. The third-order valence-electron chi connectivity index (χ3n) is 10.9. The lowest BCUT2D eigenvalue weighted by atomic mass is 9.97. The number of benzene rings is 5. The third-order valence-corrected chi connectivity index (χ3v) is 10.9. The van der Waals surface area contributed by atoms with Crippen molar-refractivity contribution < 1.29 is 29.1 Å². The van der Waals surface area contributed by atoms with Gasteiger partial charge in [0.05, 0.1) is 35.1 Å². The number of hydrogen-bond donors (Lipinski definition) is 4. The quantitative estimate of drug-likeness (QED) is 0.0485. The van der Waals surface area contributed by atoms with Crippen molar-refractivity contribution in [3.8, 4) is 11.1 Å². The van der Waals surface area contributed by atoms with Crippen LogP contribution in [0.1, 0.15) is 60.3 Å². The Morgan fingerprint density at radius 3 is 2.19 bits per heavy atom. The number of aliphatic hydroxyl groups excluding tert-OH is 1. The van der Waals surface area contributed by atoms with Gasteiger partial charge in [-0.1, -0.05) is 84.9 Å². The van der Waals surface area contributed by atoms with Crippen molar-refractivity contribution in [2.45, 2.75) is 57.3 Å². The number of nitrogens with two attached hydrogens (primary N) is 1. The van der Waals surface area contributed by atoms with Gasteiger partial charge in [-0.25, -0.2) is 0 Å². The second kappa shape index (κ2) is 19.6. The molecule has 2 heterocycles. The molecule has 306 valence electrons. The lowest BCUT2D eigenvalue weighted by Crippen LogP contribution is -2.49. The average Bonchev–Trinajstić information content (AvgIpc) is 3.27. The summed E-state index contributed by atoms with van der Waals surface area (Å²) in [7, 11) is 0. The van der Waals surface area contributed by atoms with Crippen molar-refractivity contribution in [2.24, 2.45) is 0 Å². The van der Waals surface area contributed by atoms with E-state index in [4.69, 9.17) is 15.2 Å². The van der Waals surface area contributed by atoms with Gasteiger partial charge in [-0.15, -0.1) is 0 Å². The van der Waals surface area contributed by atoms with Crippen molar-refractivity contribution in [3.63, 3.8) is 0 Å². The van der Waals surface area contributed by atoms with E-state index >= 15 is 0 Å². The highest BCUT2D eigenvalue weighted by Crippen LogP contribution is 2.39. The van der Waals surface area contributed by atoms with E-state index in [2.05, 4.69) is 20.4 Å². The Morgan fingerprint density at radius 1 is 0.797 bits per heavy atom. The zero-order valence-corrected chi connectivity index (χ0v) is 32.9. The molecule has 59 heavy (non-hydrogen) atoms. The van der Waals surface area contributed by atoms with Crippen LogP contribution in [0.4, 0.5) is 22.7 Å². The van der Waals surface area contributed by atoms with Gasteiger partial charge in [0.1, 0.15) is 0 Å². The smallest absolute Gasteiger partial charge is 0.269 e. The molecule has 0 aromatic heterocycles. The second-order valence-corrected chi connectivity index (χ2v) is 15.0. The van der Waals surface area contributed by atoms with E-state index in [1.807, 2.05) is 84.9 Å². The number of anilines is 3. The molecule has 13 nitrogen and oxygen atoms in total. The van der Waals surface area contributed by atoms with Crippen LogP contribution in [0.25, 0.3) is 11.1 Å². The fourth-order valence-electron chi connectivity index (χ4n) is 7.59. The molecule has 2 amide bonds. The summed E-state index contributed by atoms with van der Waals surface area (Å²) in [4.78, 5) is 40.5. The molecular weight excluding hydrogens is 749 g/mol. The number of ether oxygens (including phenoxy) is 2. The molecule has 2 fully saturated rings. The van der Waals surface area contributed by atoms with Crippen molar-refractivity contribution in [1.29, 1.82) is 0 Å². The monoisotopic (exact) mass is 798 g/mol. The van der Waals surface area contributed by atoms with E-state index in [0.29, 0.717) is 30.8 Å². The summed E-state index contributed by atoms with van der Waals surface area (Å²) >= 11 is 0. The molecule has 0 aliphatic carbocycles. The first kappa shape index (κ1) is 41.1. The van der Waals surface area contributed by atoms with Crippen molar-refractivity contribution in [3.05, 3.63) is 154 Å². The van der Waals surface area contributed by atoms with Gasteiger partial charge in [0.15, 0.2) is 6.29 Å². The highest BCUT2D eigenvalue weighted by atomic mass is 16.7. The number of piperazine rings is 1. The molecule has 5 aromatic carbocycles. The summed E-state index contributed by atoms with van der Waals surface area (Å²) in [6.07, 6.45) is 0.590. The highest BCUT2D eigenvalue weighted by molar-refractivity contribution is 5.94. The maximum absolute atomic E-state index is 12.8. The maximum atomic E-state index is 12.8. The Balaban J connectivity index is 0.964. The molecule has 7 rings (SSSR count). The SMILES string of the molecule is Nc1ccccc1NC(=O)CCCC(=O)NCc1ccccc1-c1ccc([C@H]2O[C@@H](CN3CCN(c4ccc([N+](=O)[O-])cc4)CC3)C[C@@H](c3ccc(CO)cc3)O2)cc1. The number of nitro benzene ring substituents is 1. The average molecular weight is 799 g/mol.